The van der Waals surface area contributed by atoms with Gasteiger partial charge in [0.2, 0.25) is 0 Å². The molecule has 2 rings (SSSR count). The molecule has 0 saturated carbocycles. The van der Waals surface area contributed by atoms with Gasteiger partial charge in [0.25, 0.3) is 0 Å². The van der Waals surface area contributed by atoms with E-state index in [1.807, 2.05) is 0 Å². The van der Waals surface area contributed by atoms with Crippen LogP contribution in [0.4, 0.5) is 4.39 Å². The molecular weight excluding hydrogens is 261 g/mol. The number of Topliss-reactive ketones (excluding diaryl/α,β-unsaturated/α-hetero) is 1. The normalized spacial score (nSPS) is 20.5. The lowest BCUT2D eigenvalue weighted by atomic mass is 9.97. The molecule has 0 radical (unpaired) electrons. The second kappa shape index (κ2) is 4.41. The number of ketones is 1. The summed E-state index contributed by atoms with van der Waals surface area (Å²) in [4.78, 5) is 11.9. The van der Waals surface area contributed by atoms with Crippen molar-refractivity contribution in [1.29, 1.82) is 0 Å². The van der Waals surface area contributed by atoms with Gasteiger partial charge >= 0.3 is 0 Å². The van der Waals surface area contributed by atoms with Crippen molar-refractivity contribution in [3.8, 4) is 0 Å². The van der Waals surface area contributed by atoms with Crippen LogP contribution in [-0.2, 0) is 0 Å². The Bertz CT molecular complexity index is 388. The highest BCUT2D eigenvalue weighted by atomic mass is 79.9. The molecule has 1 atom stereocenters. The molecular formula is C11H11BrFNO. The van der Waals surface area contributed by atoms with Crippen LogP contribution in [0, 0.1) is 11.7 Å². The molecule has 4 heteroatoms. The van der Waals surface area contributed by atoms with Crippen LogP contribution in [0.5, 0.6) is 0 Å². The minimum atomic E-state index is -0.443. The molecule has 15 heavy (non-hydrogen) atoms. The van der Waals surface area contributed by atoms with E-state index in [1.165, 1.54) is 6.07 Å². The van der Waals surface area contributed by atoms with Crippen molar-refractivity contribution in [3.05, 3.63) is 34.1 Å². The predicted octanol–water partition coefficient (Wildman–Crippen LogP) is 2.38. The fraction of sp³-hybridized carbons (Fsp3) is 0.364. The van der Waals surface area contributed by atoms with Gasteiger partial charge in [-0.25, -0.2) is 4.39 Å². The molecule has 1 unspecified atom stereocenters. The molecule has 1 saturated heterocycles. The summed E-state index contributed by atoms with van der Waals surface area (Å²) in [5.41, 5.74) is 0.201. The van der Waals surface area contributed by atoms with Gasteiger partial charge in [-0.05, 0) is 31.2 Å². The Morgan fingerprint density at radius 2 is 2.33 bits per heavy atom. The molecule has 80 valence electrons. The zero-order valence-electron chi connectivity index (χ0n) is 8.09. The average molecular weight is 272 g/mol. The largest absolute Gasteiger partial charge is 0.316 e. The van der Waals surface area contributed by atoms with E-state index in [0.29, 0.717) is 11.0 Å². The zero-order valence-corrected chi connectivity index (χ0v) is 9.68. The first kappa shape index (κ1) is 10.8. The quantitative estimate of drug-likeness (QED) is 0.837. The number of benzene rings is 1. The van der Waals surface area contributed by atoms with E-state index in [2.05, 4.69) is 21.2 Å². The van der Waals surface area contributed by atoms with E-state index in [4.69, 9.17) is 0 Å². The van der Waals surface area contributed by atoms with Crippen molar-refractivity contribution in [2.24, 2.45) is 5.92 Å². The van der Waals surface area contributed by atoms with E-state index < -0.39 is 5.82 Å². The van der Waals surface area contributed by atoms with E-state index >= 15 is 0 Å². The maximum Gasteiger partial charge on any atom is 0.170 e. The van der Waals surface area contributed by atoms with Gasteiger partial charge < -0.3 is 5.32 Å². The molecule has 0 aromatic heterocycles. The van der Waals surface area contributed by atoms with Crippen LogP contribution in [0.25, 0.3) is 0 Å². The minimum Gasteiger partial charge on any atom is -0.316 e. The van der Waals surface area contributed by atoms with E-state index in [0.717, 1.165) is 13.0 Å². The molecule has 0 amide bonds. The van der Waals surface area contributed by atoms with Crippen molar-refractivity contribution < 1.29 is 9.18 Å². The maximum absolute atomic E-state index is 13.5. The van der Waals surface area contributed by atoms with Crippen molar-refractivity contribution in [2.75, 3.05) is 13.1 Å². The van der Waals surface area contributed by atoms with Gasteiger partial charge in [0.1, 0.15) is 5.82 Å². The lowest BCUT2D eigenvalue weighted by Crippen LogP contribution is -2.18. The van der Waals surface area contributed by atoms with Crippen LogP contribution in [0.15, 0.2) is 22.7 Å². The maximum atomic E-state index is 13.5. The van der Waals surface area contributed by atoms with Crippen LogP contribution in [0.3, 0.4) is 0 Å². The summed E-state index contributed by atoms with van der Waals surface area (Å²) in [5.74, 6) is -0.605. The number of halogens is 2. The van der Waals surface area contributed by atoms with E-state index in [-0.39, 0.29) is 17.3 Å². The number of hydrogen-bond acceptors (Lipinski definition) is 2. The molecule has 1 heterocycles. The molecule has 1 fully saturated rings. The number of carbonyl (C=O) groups excluding carboxylic acids is 1. The summed E-state index contributed by atoms with van der Waals surface area (Å²) < 4.78 is 14.1. The van der Waals surface area contributed by atoms with Crippen LogP contribution < -0.4 is 5.32 Å². The Morgan fingerprint density at radius 1 is 1.53 bits per heavy atom. The Morgan fingerprint density at radius 3 is 2.93 bits per heavy atom. The molecule has 1 aliphatic rings. The van der Waals surface area contributed by atoms with Gasteiger partial charge in [0, 0.05) is 16.9 Å². The third-order valence-electron chi connectivity index (χ3n) is 2.63. The van der Waals surface area contributed by atoms with Gasteiger partial charge in [-0.2, -0.15) is 0 Å². The topological polar surface area (TPSA) is 29.1 Å². The fourth-order valence-corrected chi connectivity index (χ4v) is 2.12. The first-order valence-electron chi connectivity index (χ1n) is 4.88. The first-order valence-corrected chi connectivity index (χ1v) is 5.68. The van der Waals surface area contributed by atoms with Crippen molar-refractivity contribution in [2.45, 2.75) is 6.42 Å². The third-order valence-corrected chi connectivity index (χ3v) is 3.12. The molecule has 0 spiro atoms. The molecule has 1 N–H and O–H groups in total. The van der Waals surface area contributed by atoms with E-state index in [1.54, 1.807) is 12.1 Å². The highest BCUT2D eigenvalue weighted by Crippen LogP contribution is 2.20. The highest BCUT2D eigenvalue weighted by molar-refractivity contribution is 9.10. The molecule has 1 aliphatic heterocycles. The second-order valence-corrected chi connectivity index (χ2v) is 4.59. The Kier molecular flexibility index (Phi) is 3.17. The first-order chi connectivity index (χ1) is 7.18. The lowest BCUT2D eigenvalue weighted by Gasteiger charge is -2.08. The zero-order chi connectivity index (χ0) is 10.8. The lowest BCUT2D eigenvalue weighted by molar-refractivity contribution is 0.0926. The van der Waals surface area contributed by atoms with Gasteiger partial charge in [-0.3, -0.25) is 4.79 Å². The van der Waals surface area contributed by atoms with Gasteiger partial charge in [0.15, 0.2) is 5.78 Å². The summed E-state index contributed by atoms with van der Waals surface area (Å²) in [6, 6.07) is 4.56. The molecule has 1 aromatic rings. The summed E-state index contributed by atoms with van der Waals surface area (Å²) in [7, 11) is 0. The standard InChI is InChI=1S/C11H11BrFNO/c12-8-1-2-9(10(13)5-8)11(15)7-3-4-14-6-7/h1-2,5,7,14H,3-4,6H2. The molecule has 1 aromatic carbocycles. The van der Waals surface area contributed by atoms with Crippen molar-refractivity contribution in [3.63, 3.8) is 0 Å². The summed E-state index contributed by atoms with van der Waals surface area (Å²) in [5, 5.41) is 3.10. The van der Waals surface area contributed by atoms with Gasteiger partial charge in [0.05, 0.1) is 5.56 Å². The highest BCUT2D eigenvalue weighted by Gasteiger charge is 2.25. The number of nitrogens with one attached hydrogen (secondary N) is 1. The Labute approximate surface area is 96.0 Å². The van der Waals surface area contributed by atoms with Crippen molar-refractivity contribution >= 4 is 21.7 Å². The molecule has 0 bridgehead atoms. The Balaban J connectivity index is 2.24. The number of hydrogen-bond donors (Lipinski definition) is 1. The minimum absolute atomic E-state index is 0.0688. The van der Waals surface area contributed by atoms with E-state index in [9.17, 15) is 9.18 Å². The second-order valence-electron chi connectivity index (χ2n) is 3.68. The smallest absolute Gasteiger partial charge is 0.170 e. The van der Waals surface area contributed by atoms with Crippen LogP contribution in [0.1, 0.15) is 16.8 Å². The Hall–Kier alpha value is -0.740. The summed E-state index contributed by atoms with van der Waals surface area (Å²) in [6.45, 7) is 1.50. The predicted molar refractivity (Wildman–Crippen MR) is 59.4 cm³/mol. The fourth-order valence-electron chi connectivity index (χ4n) is 1.79. The third kappa shape index (κ3) is 2.26. The summed E-state index contributed by atoms with van der Waals surface area (Å²) in [6.07, 6.45) is 0.800. The average Bonchev–Trinajstić information content (AvgIpc) is 2.69. The van der Waals surface area contributed by atoms with Crippen LogP contribution in [0.2, 0.25) is 0 Å². The number of rotatable bonds is 2. The van der Waals surface area contributed by atoms with Gasteiger partial charge in [-0.1, -0.05) is 15.9 Å². The number of carbonyl (C=O) groups is 1. The molecule has 2 nitrogen and oxygen atoms in total. The summed E-state index contributed by atoms with van der Waals surface area (Å²) >= 11 is 3.17. The van der Waals surface area contributed by atoms with Gasteiger partial charge in [-0.15, -0.1) is 0 Å². The SMILES string of the molecule is O=C(c1ccc(Br)cc1F)C1CCNC1. The molecule has 0 aliphatic carbocycles. The van der Waals surface area contributed by atoms with Crippen LogP contribution in [-0.4, -0.2) is 18.9 Å². The van der Waals surface area contributed by atoms with Crippen molar-refractivity contribution in [1.82, 2.24) is 5.32 Å². The van der Waals surface area contributed by atoms with Crippen LogP contribution >= 0.6 is 15.9 Å². The monoisotopic (exact) mass is 271 g/mol.